The normalized spacial score (nSPS) is 15.9. The van der Waals surface area contributed by atoms with Gasteiger partial charge in [0.1, 0.15) is 5.75 Å². The lowest BCUT2D eigenvalue weighted by Crippen LogP contribution is -2.37. The van der Waals surface area contributed by atoms with Crippen molar-refractivity contribution in [2.24, 2.45) is 10.9 Å². The second-order valence-electron chi connectivity index (χ2n) is 9.20. The Morgan fingerprint density at radius 1 is 1.06 bits per heavy atom. The summed E-state index contributed by atoms with van der Waals surface area (Å²) in [5, 5.41) is 6.76. The number of guanidine groups is 1. The first-order valence-electron chi connectivity index (χ1n) is 12.2. The number of carbonyl (C=O) groups excluding carboxylic acids is 1. The predicted octanol–water partition coefficient (Wildman–Crippen LogP) is 4.89. The molecule has 1 aliphatic carbocycles. The number of aryl methyl sites for hydroxylation is 1. The first-order chi connectivity index (χ1) is 16.1. The number of aliphatic imine (C=N–C) groups is 1. The molecule has 2 aliphatic rings. The minimum Gasteiger partial charge on any atom is -0.493 e. The average molecular weight is 577 g/mol. The predicted molar refractivity (Wildman–Crippen MR) is 148 cm³/mol. The number of ether oxygens (including phenoxy) is 1. The van der Waals surface area contributed by atoms with Crippen LogP contribution in [0.25, 0.3) is 0 Å². The zero-order valence-electron chi connectivity index (χ0n) is 20.3. The number of halogens is 1. The Labute approximate surface area is 220 Å². The van der Waals surface area contributed by atoms with E-state index >= 15 is 0 Å². The van der Waals surface area contributed by atoms with Crippen molar-refractivity contribution in [3.8, 4) is 5.75 Å². The Bertz CT molecular complexity index is 984. The second kappa shape index (κ2) is 13.0. The summed E-state index contributed by atoms with van der Waals surface area (Å²) in [6.07, 6.45) is 5.98. The summed E-state index contributed by atoms with van der Waals surface area (Å²) in [6, 6.07) is 14.2. The summed E-state index contributed by atoms with van der Waals surface area (Å²) in [5.41, 5.74) is 4.14. The average Bonchev–Trinajstić information content (AvgIpc) is 3.68. The molecule has 1 heterocycles. The molecule has 0 spiro atoms. The molecule has 184 valence electrons. The van der Waals surface area contributed by atoms with Gasteiger partial charge in [-0.2, -0.15) is 0 Å². The summed E-state index contributed by atoms with van der Waals surface area (Å²) >= 11 is 0. The van der Waals surface area contributed by atoms with Gasteiger partial charge in [-0.05, 0) is 74.3 Å². The van der Waals surface area contributed by atoms with Gasteiger partial charge in [0.2, 0.25) is 0 Å². The molecule has 34 heavy (non-hydrogen) atoms. The van der Waals surface area contributed by atoms with Gasteiger partial charge in [-0.25, -0.2) is 0 Å². The van der Waals surface area contributed by atoms with E-state index in [1.54, 1.807) is 7.05 Å². The van der Waals surface area contributed by atoms with E-state index in [-0.39, 0.29) is 29.9 Å². The molecule has 0 atom stereocenters. The zero-order chi connectivity index (χ0) is 23.0. The van der Waals surface area contributed by atoms with Crippen LogP contribution in [0.3, 0.4) is 0 Å². The number of nitrogens with zero attached hydrogens (tertiary/aromatic N) is 2. The highest BCUT2D eigenvalue weighted by molar-refractivity contribution is 14.0. The molecular formula is C27H37IN4O2. The molecular weight excluding hydrogens is 539 g/mol. The highest BCUT2D eigenvalue weighted by Crippen LogP contribution is 2.30. The SMILES string of the molecule is CN=C(NCc1cccc(C(=O)N2CCCCC2)c1)NCc1ccc(C)cc1OCC1CC1.I. The number of amides is 1. The molecule has 2 aromatic carbocycles. The maximum Gasteiger partial charge on any atom is 0.253 e. The number of rotatable bonds is 8. The largest absolute Gasteiger partial charge is 0.493 e. The Morgan fingerprint density at radius 2 is 1.82 bits per heavy atom. The van der Waals surface area contributed by atoms with E-state index in [0.717, 1.165) is 66.9 Å². The van der Waals surface area contributed by atoms with Crippen molar-refractivity contribution in [3.63, 3.8) is 0 Å². The van der Waals surface area contributed by atoms with Crippen molar-refractivity contribution in [2.75, 3.05) is 26.7 Å². The van der Waals surface area contributed by atoms with Gasteiger partial charge in [0, 0.05) is 44.4 Å². The first-order valence-corrected chi connectivity index (χ1v) is 12.2. The molecule has 1 saturated heterocycles. The van der Waals surface area contributed by atoms with Gasteiger partial charge in [0.05, 0.1) is 6.61 Å². The lowest BCUT2D eigenvalue weighted by molar-refractivity contribution is 0.0724. The highest BCUT2D eigenvalue weighted by Gasteiger charge is 2.22. The smallest absolute Gasteiger partial charge is 0.253 e. The quantitative estimate of drug-likeness (QED) is 0.267. The topological polar surface area (TPSA) is 66.0 Å². The second-order valence-corrected chi connectivity index (χ2v) is 9.20. The van der Waals surface area contributed by atoms with E-state index < -0.39 is 0 Å². The molecule has 0 aromatic heterocycles. The molecule has 0 unspecified atom stereocenters. The minimum absolute atomic E-state index is 0. The van der Waals surface area contributed by atoms with Crippen LogP contribution >= 0.6 is 24.0 Å². The van der Waals surface area contributed by atoms with E-state index in [1.807, 2.05) is 29.2 Å². The van der Waals surface area contributed by atoms with Gasteiger partial charge in [0.25, 0.3) is 5.91 Å². The number of hydrogen-bond donors (Lipinski definition) is 2. The number of nitrogens with one attached hydrogen (secondary N) is 2. The number of likely N-dealkylation sites (tertiary alicyclic amines) is 1. The maximum atomic E-state index is 12.8. The third kappa shape index (κ3) is 7.61. The van der Waals surface area contributed by atoms with Gasteiger partial charge >= 0.3 is 0 Å². The highest BCUT2D eigenvalue weighted by atomic mass is 127. The molecule has 0 bridgehead atoms. The van der Waals surface area contributed by atoms with Crippen molar-refractivity contribution in [2.45, 2.75) is 52.1 Å². The third-order valence-corrected chi connectivity index (χ3v) is 6.34. The molecule has 1 amide bonds. The van der Waals surface area contributed by atoms with Crippen LogP contribution in [0.5, 0.6) is 5.75 Å². The Kier molecular flexibility index (Phi) is 10.0. The van der Waals surface area contributed by atoms with Crippen molar-refractivity contribution >= 4 is 35.8 Å². The van der Waals surface area contributed by atoms with Crippen LogP contribution in [0.1, 0.15) is 59.2 Å². The van der Waals surface area contributed by atoms with Crippen molar-refractivity contribution < 1.29 is 9.53 Å². The minimum atomic E-state index is 0. The van der Waals surface area contributed by atoms with Crippen LogP contribution in [-0.4, -0.2) is 43.5 Å². The van der Waals surface area contributed by atoms with E-state index in [2.05, 4.69) is 40.7 Å². The molecule has 7 heteroatoms. The van der Waals surface area contributed by atoms with Gasteiger partial charge in [-0.15, -0.1) is 24.0 Å². The number of benzene rings is 2. The van der Waals surface area contributed by atoms with E-state index in [4.69, 9.17) is 4.74 Å². The van der Waals surface area contributed by atoms with E-state index in [9.17, 15) is 4.79 Å². The monoisotopic (exact) mass is 576 g/mol. The number of carbonyl (C=O) groups is 1. The lowest BCUT2D eigenvalue weighted by atomic mass is 10.1. The zero-order valence-corrected chi connectivity index (χ0v) is 22.6. The van der Waals surface area contributed by atoms with Crippen LogP contribution in [0.2, 0.25) is 0 Å². The van der Waals surface area contributed by atoms with Gasteiger partial charge in [-0.1, -0.05) is 24.3 Å². The summed E-state index contributed by atoms with van der Waals surface area (Å²) in [4.78, 5) is 19.2. The lowest BCUT2D eigenvalue weighted by Gasteiger charge is -2.26. The molecule has 2 N–H and O–H groups in total. The molecule has 2 fully saturated rings. The molecule has 1 aliphatic heterocycles. The van der Waals surface area contributed by atoms with E-state index in [1.165, 1.54) is 24.8 Å². The summed E-state index contributed by atoms with van der Waals surface area (Å²) in [7, 11) is 1.77. The summed E-state index contributed by atoms with van der Waals surface area (Å²) in [6.45, 7) is 5.85. The number of piperidine rings is 1. The Morgan fingerprint density at radius 3 is 2.56 bits per heavy atom. The Hall–Kier alpha value is -2.29. The molecule has 0 radical (unpaired) electrons. The van der Waals surface area contributed by atoms with Crippen LogP contribution in [0, 0.1) is 12.8 Å². The van der Waals surface area contributed by atoms with Gasteiger partial charge in [0.15, 0.2) is 5.96 Å². The van der Waals surface area contributed by atoms with Crippen LogP contribution in [-0.2, 0) is 13.1 Å². The van der Waals surface area contributed by atoms with E-state index in [0.29, 0.717) is 13.1 Å². The molecule has 2 aromatic rings. The fourth-order valence-corrected chi connectivity index (χ4v) is 4.11. The molecule has 1 saturated carbocycles. The van der Waals surface area contributed by atoms with Crippen molar-refractivity contribution in [3.05, 3.63) is 64.7 Å². The Balaban J connectivity index is 0.00000324. The van der Waals surface area contributed by atoms with Gasteiger partial charge in [-0.3, -0.25) is 9.79 Å². The van der Waals surface area contributed by atoms with Crippen LogP contribution in [0.4, 0.5) is 0 Å². The summed E-state index contributed by atoms with van der Waals surface area (Å²) < 4.78 is 6.09. The van der Waals surface area contributed by atoms with Crippen molar-refractivity contribution in [1.29, 1.82) is 0 Å². The molecule has 6 nitrogen and oxygen atoms in total. The fraction of sp³-hybridized carbons (Fsp3) is 0.481. The standard InChI is InChI=1S/C27H36N4O2.HI/c1-20-9-12-24(25(15-20)33-19-21-10-11-21)18-30-27(28-2)29-17-22-7-6-8-23(16-22)26(32)31-13-4-3-5-14-31;/h6-9,12,15-16,21H,3-5,10-11,13-14,17-19H2,1-2H3,(H2,28,29,30);1H. The number of hydrogen-bond acceptors (Lipinski definition) is 3. The van der Waals surface area contributed by atoms with Crippen LogP contribution in [0.15, 0.2) is 47.5 Å². The third-order valence-electron chi connectivity index (χ3n) is 6.34. The molecule has 4 rings (SSSR count). The van der Waals surface area contributed by atoms with Crippen molar-refractivity contribution in [1.82, 2.24) is 15.5 Å². The first kappa shape index (κ1) is 26.3. The maximum absolute atomic E-state index is 12.8. The van der Waals surface area contributed by atoms with Gasteiger partial charge < -0.3 is 20.3 Å². The fourth-order valence-electron chi connectivity index (χ4n) is 4.11. The van der Waals surface area contributed by atoms with Crippen LogP contribution < -0.4 is 15.4 Å². The summed E-state index contributed by atoms with van der Waals surface area (Å²) in [5.74, 6) is 2.53.